The fourth-order valence-electron chi connectivity index (χ4n) is 4.02. The van der Waals surface area contributed by atoms with E-state index in [4.69, 9.17) is 0 Å². The van der Waals surface area contributed by atoms with Crippen LogP contribution in [-0.2, 0) is 9.59 Å². The Bertz CT molecular complexity index is 1140. The number of anilines is 1. The highest BCUT2D eigenvalue weighted by Crippen LogP contribution is 2.32. The molecule has 1 saturated heterocycles. The molecule has 162 valence electrons. The summed E-state index contributed by atoms with van der Waals surface area (Å²) in [6.07, 6.45) is -0.114. The average molecular weight is 430 g/mol. The number of imide groups is 1. The van der Waals surface area contributed by atoms with E-state index in [9.17, 15) is 18.8 Å². The fraction of sp³-hybridized carbons (Fsp3) is 0.192. The second-order valence-corrected chi connectivity index (χ2v) is 7.93. The van der Waals surface area contributed by atoms with Gasteiger partial charge in [0.25, 0.3) is 11.8 Å². The Morgan fingerprint density at radius 2 is 1.59 bits per heavy atom. The van der Waals surface area contributed by atoms with E-state index >= 15 is 0 Å². The van der Waals surface area contributed by atoms with Crippen molar-refractivity contribution in [2.75, 3.05) is 4.90 Å². The Balaban J connectivity index is 1.73. The van der Waals surface area contributed by atoms with Crippen LogP contribution in [0.5, 0.6) is 0 Å². The molecule has 0 radical (unpaired) electrons. The van der Waals surface area contributed by atoms with Crippen LogP contribution >= 0.6 is 0 Å². The lowest BCUT2D eigenvalue weighted by molar-refractivity contribution is -0.122. The standard InChI is InChI=1S/C26H23FN2O3/c1-17-8-14-22(15-9-17)29-24(30)16-23(26(29)32)28(18(2)19-6-4-3-5-7-19)25(31)20-10-12-21(27)13-11-20/h3-15,18,23H,16H2,1-2H3. The number of amides is 3. The molecule has 4 rings (SSSR count). The number of carbonyl (C=O) groups excluding carboxylic acids is 3. The maximum atomic E-state index is 13.5. The molecule has 0 bridgehead atoms. The molecule has 5 nitrogen and oxygen atoms in total. The zero-order valence-electron chi connectivity index (χ0n) is 17.9. The normalized spacial score (nSPS) is 16.8. The molecular weight excluding hydrogens is 407 g/mol. The van der Waals surface area contributed by atoms with Crippen molar-refractivity contribution in [3.8, 4) is 0 Å². The first-order chi connectivity index (χ1) is 15.4. The van der Waals surface area contributed by atoms with Crippen molar-refractivity contribution in [3.63, 3.8) is 0 Å². The lowest BCUT2D eigenvalue weighted by Gasteiger charge is -2.33. The molecule has 0 N–H and O–H groups in total. The van der Waals surface area contributed by atoms with Gasteiger partial charge in [-0.1, -0.05) is 48.0 Å². The molecule has 1 aliphatic rings. The Morgan fingerprint density at radius 3 is 2.22 bits per heavy atom. The van der Waals surface area contributed by atoms with Gasteiger partial charge in [0.2, 0.25) is 5.91 Å². The summed E-state index contributed by atoms with van der Waals surface area (Å²) in [4.78, 5) is 42.4. The van der Waals surface area contributed by atoms with Crippen molar-refractivity contribution in [2.45, 2.75) is 32.4 Å². The minimum atomic E-state index is -0.962. The molecule has 6 heteroatoms. The summed E-state index contributed by atoms with van der Waals surface area (Å²) >= 11 is 0. The van der Waals surface area contributed by atoms with Crippen LogP contribution in [0.4, 0.5) is 10.1 Å². The fourth-order valence-corrected chi connectivity index (χ4v) is 4.02. The third-order valence-electron chi connectivity index (χ3n) is 5.78. The smallest absolute Gasteiger partial charge is 0.257 e. The number of hydrogen-bond donors (Lipinski definition) is 0. The van der Waals surface area contributed by atoms with Crippen LogP contribution in [0.15, 0.2) is 78.9 Å². The van der Waals surface area contributed by atoms with Gasteiger partial charge >= 0.3 is 0 Å². The number of carbonyl (C=O) groups is 3. The van der Waals surface area contributed by atoms with Crippen LogP contribution in [0.25, 0.3) is 0 Å². The van der Waals surface area contributed by atoms with Gasteiger partial charge in [0.15, 0.2) is 0 Å². The maximum Gasteiger partial charge on any atom is 0.257 e. The van der Waals surface area contributed by atoms with Crippen LogP contribution in [0.3, 0.4) is 0 Å². The first kappa shape index (κ1) is 21.4. The SMILES string of the molecule is Cc1ccc(N2C(=O)CC(N(C(=O)c3ccc(F)cc3)C(C)c3ccccc3)C2=O)cc1. The van der Waals surface area contributed by atoms with E-state index in [1.165, 1.54) is 29.2 Å². The molecule has 0 spiro atoms. The van der Waals surface area contributed by atoms with Crippen molar-refractivity contribution in [1.82, 2.24) is 4.90 Å². The predicted molar refractivity (Wildman–Crippen MR) is 120 cm³/mol. The Morgan fingerprint density at radius 1 is 0.969 bits per heavy atom. The van der Waals surface area contributed by atoms with Crippen molar-refractivity contribution in [2.24, 2.45) is 0 Å². The van der Waals surface area contributed by atoms with Crippen molar-refractivity contribution >= 4 is 23.4 Å². The van der Waals surface area contributed by atoms with Crippen LogP contribution in [0, 0.1) is 12.7 Å². The van der Waals surface area contributed by atoms with Gasteiger partial charge in [-0.25, -0.2) is 9.29 Å². The predicted octanol–water partition coefficient (Wildman–Crippen LogP) is 4.67. The summed E-state index contributed by atoms with van der Waals surface area (Å²) in [5, 5.41) is 0. The first-order valence-electron chi connectivity index (χ1n) is 10.4. The van der Waals surface area contributed by atoms with Crippen LogP contribution in [0.1, 0.15) is 40.9 Å². The molecule has 32 heavy (non-hydrogen) atoms. The lowest BCUT2D eigenvalue weighted by Crippen LogP contribution is -2.46. The molecule has 2 unspecified atom stereocenters. The molecule has 1 fully saturated rings. The Hall–Kier alpha value is -3.80. The molecule has 0 aliphatic carbocycles. The zero-order chi connectivity index (χ0) is 22.8. The highest BCUT2D eigenvalue weighted by atomic mass is 19.1. The number of aryl methyl sites for hydroxylation is 1. The van der Waals surface area contributed by atoms with Gasteiger partial charge in [-0.05, 0) is 55.8 Å². The van der Waals surface area contributed by atoms with Crippen LogP contribution in [-0.4, -0.2) is 28.7 Å². The van der Waals surface area contributed by atoms with Crippen molar-refractivity contribution in [3.05, 3.63) is 101 Å². The second kappa shape index (κ2) is 8.75. The second-order valence-electron chi connectivity index (χ2n) is 7.93. The summed E-state index contributed by atoms with van der Waals surface area (Å²) in [5.74, 6) is -1.70. The largest absolute Gasteiger partial charge is 0.319 e. The summed E-state index contributed by atoms with van der Waals surface area (Å²) < 4.78 is 13.4. The van der Waals surface area contributed by atoms with E-state index in [2.05, 4.69) is 0 Å². The maximum absolute atomic E-state index is 13.5. The van der Waals surface area contributed by atoms with Gasteiger partial charge in [0.1, 0.15) is 11.9 Å². The number of halogens is 1. The lowest BCUT2D eigenvalue weighted by atomic mass is 10.0. The highest BCUT2D eigenvalue weighted by Gasteiger charge is 2.46. The summed E-state index contributed by atoms with van der Waals surface area (Å²) in [5.41, 5.74) is 2.57. The Kier molecular flexibility index (Phi) is 5.86. The van der Waals surface area contributed by atoms with Gasteiger partial charge in [0, 0.05) is 5.56 Å². The number of hydrogen-bond acceptors (Lipinski definition) is 3. The monoisotopic (exact) mass is 430 g/mol. The van der Waals surface area contributed by atoms with Crippen LogP contribution < -0.4 is 4.90 Å². The molecular formula is C26H23FN2O3. The van der Waals surface area contributed by atoms with Gasteiger partial charge < -0.3 is 4.90 Å². The van der Waals surface area contributed by atoms with Crippen molar-refractivity contribution < 1.29 is 18.8 Å². The Labute approximate surface area is 186 Å². The quantitative estimate of drug-likeness (QED) is 0.553. The van der Waals surface area contributed by atoms with Crippen molar-refractivity contribution in [1.29, 1.82) is 0 Å². The molecule has 2 atom stereocenters. The highest BCUT2D eigenvalue weighted by molar-refractivity contribution is 6.23. The average Bonchev–Trinajstić information content (AvgIpc) is 3.09. The molecule has 3 amide bonds. The van der Waals surface area contributed by atoms with E-state index in [1.807, 2.05) is 56.3 Å². The third-order valence-corrected chi connectivity index (χ3v) is 5.78. The molecule has 3 aromatic carbocycles. The zero-order valence-corrected chi connectivity index (χ0v) is 17.9. The van der Waals surface area contributed by atoms with Crippen LogP contribution in [0.2, 0.25) is 0 Å². The van der Waals surface area contributed by atoms with E-state index in [0.717, 1.165) is 16.0 Å². The van der Waals surface area contributed by atoms with Gasteiger partial charge in [-0.3, -0.25) is 14.4 Å². The summed E-state index contributed by atoms with van der Waals surface area (Å²) in [6, 6.07) is 20.2. The first-order valence-corrected chi connectivity index (χ1v) is 10.4. The molecule has 1 aliphatic heterocycles. The topological polar surface area (TPSA) is 57.7 Å². The number of rotatable bonds is 5. The van der Waals surface area contributed by atoms with E-state index in [-0.39, 0.29) is 17.9 Å². The number of benzene rings is 3. The van der Waals surface area contributed by atoms with E-state index < -0.39 is 29.7 Å². The van der Waals surface area contributed by atoms with Gasteiger partial charge in [0.05, 0.1) is 18.2 Å². The van der Waals surface area contributed by atoms with Gasteiger partial charge in [-0.15, -0.1) is 0 Å². The van der Waals surface area contributed by atoms with E-state index in [0.29, 0.717) is 5.69 Å². The summed E-state index contributed by atoms with van der Waals surface area (Å²) in [7, 11) is 0. The molecule has 3 aromatic rings. The number of nitrogens with zero attached hydrogens (tertiary/aromatic N) is 2. The molecule has 0 saturated carbocycles. The molecule has 1 heterocycles. The van der Waals surface area contributed by atoms with E-state index in [1.54, 1.807) is 12.1 Å². The minimum absolute atomic E-state index is 0.114. The third kappa shape index (κ3) is 4.04. The molecule has 0 aromatic heterocycles. The summed E-state index contributed by atoms with van der Waals surface area (Å²) in [6.45, 7) is 3.74. The van der Waals surface area contributed by atoms with Gasteiger partial charge in [-0.2, -0.15) is 0 Å². The minimum Gasteiger partial charge on any atom is -0.319 e.